The second-order valence-corrected chi connectivity index (χ2v) is 3.41. The van der Waals surface area contributed by atoms with Crippen molar-refractivity contribution in [1.29, 1.82) is 0 Å². The van der Waals surface area contributed by atoms with Gasteiger partial charge in [-0.15, -0.1) is 0 Å². The van der Waals surface area contributed by atoms with E-state index in [9.17, 15) is 4.79 Å². The molecule has 3 nitrogen and oxygen atoms in total. The van der Waals surface area contributed by atoms with Crippen molar-refractivity contribution in [1.82, 2.24) is 10.2 Å². The van der Waals surface area contributed by atoms with Gasteiger partial charge in [-0.1, -0.05) is 0 Å². The lowest BCUT2D eigenvalue weighted by molar-refractivity contribution is -0.111. The highest BCUT2D eigenvalue weighted by Crippen LogP contribution is 2.12. The molecule has 1 fully saturated rings. The van der Waals surface area contributed by atoms with E-state index in [0.717, 1.165) is 25.8 Å². The lowest BCUT2D eigenvalue weighted by Gasteiger charge is -2.19. The zero-order chi connectivity index (χ0) is 8.27. The molecule has 1 aliphatic rings. The fourth-order valence-corrected chi connectivity index (χ4v) is 1.54. The first-order valence-corrected chi connectivity index (χ1v) is 4.07. The van der Waals surface area contributed by atoms with Gasteiger partial charge in [0.25, 0.3) is 0 Å². The van der Waals surface area contributed by atoms with E-state index in [0.29, 0.717) is 6.04 Å². The van der Waals surface area contributed by atoms with Crippen molar-refractivity contribution in [3.8, 4) is 0 Å². The van der Waals surface area contributed by atoms with Gasteiger partial charge in [0.2, 0.25) is 0 Å². The van der Waals surface area contributed by atoms with Crippen LogP contribution in [0.2, 0.25) is 0 Å². The minimum atomic E-state index is 0.234. The monoisotopic (exact) mass is 156 g/mol. The molecule has 64 valence electrons. The molecule has 1 saturated heterocycles. The molecular formula is C8H16N2O. The highest BCUT2D eigenvalue weighted by atomic mass is 16.1. The Morgan fingerprint density at radius 3 is 2.91 bits per heavy atom. The highest BCUT2D eigenvalue weighted by Gasteiger charge is 2.26. The number of nitrogens with one attached hydrogen (secondary N) is 1. The Kier molecular flexibility index (Phi) is 3.02. The molecule has 1 rings (SSSR count). The lowest BCUT2D eigenvalue weighted by atomic mass is 10.0. The van der Waals surface area contributed by atoms with Gasteiger partial charge in [0.15, 0.2) is 0 Å². The largest absolute Gasteiger partial charge is 0.312 e. The smallest absolute Gasteiger partial charge is 0.124 e. The van der Waals surface area contributed by atoms with Gasteiger partial charge in [-0.3, -0.25) is 0 Å². The van der Waals surface area contributed by atoms with Crippen molar-refractivity contribution in [2.24, 2.45) is 5.92 Å². The van der Waals surface area contributed by atoms with Gasteiger partial charge in [-0.2, -0.15) is 0 Å². The van der Waals surface area contributed by atoms with Gasteiger partial charge >= 0.3 is 0 Å². The van der Waals surface area contributed by atoms with Crippen molar-refractivity contribution >= 4 is 6.29 Å². The number of rotatable bonds is 3. The molecule has 1 aliphatic heterocycles. The van der Waals surface area contributed by atoms with Crippen LogP contribution < -0.4 is 5.32 Å². The van der Waals surface area contributed by atoms with E-state index in [4.69, 9.17) is 0 Å². The van der Waals surface area contributed by atoms with Crippen molar-refractivity contribution in [2.45, 2.75) is 12.5 Å². The number of aldehydes is 1. The van der Waals surface area contributed by atoms with Crippen molar-refractivity contribution < 1.29 is 4.79 Å². The van der Waals surface area contributed by atoms with Gasteiger partial charge < -0.3 is 15.0 Å². The first-order valence-electron chi connectivity index (χ1n) is 4.07. The zero-order valence-electron chi connectivity index (χ0n) is 7.21. The van der Waals surface area contributed by atoms with Crippen LogP contribution in [0.15, 0.2) is 0 Å². The SMILES string of the molecule is CN(C)CC1NCCC1C=O. The molecule has 1 heterocycles. The Hall–Kier alpha value is -0.410. The fourth-order valence-electron chi connectivity index (χ4n) is 1.54. The predicted molar refractivity (Wildman–Crippen MR) is 44.5 cm³/mol. The second-order valence-electron chi connectivity index (χ2n) is 3.41. The van der Waals surface area contributed by atoms with Crippen LogP contribution in [-0.2, 0) is 4.79 Å². The summed E-state index contributed by atoms with van der Waals surface area (Å²) >= 11 is 0. The maximum absolute atomic E-state index is 10.5. The highest BCUT2D eigenvalue weighted by molar-refractivity contribution is 5.55. The molecule has 11 heavy (non-hydrogen) atoms. The molecule has 0 aliphatic carbocycles. The molecule has 0 radical (unpaired) electrons. The molecule has 1 N–H and O–H groups in total. The minimum absolute atomic E-state index is 0.234. The molecule has 0 bridgehead atoms. The summed E-state index contributed by atoms with van der Waals surface area (Å²) in [5.74, 6) is 0.234. The number of likely N-dealkylation sites (N-methyl/N-ethyl adjacent to an activating group) is 1. The van der Waals surface area contributed by atoms with E-state index < -0.39 is 0 Å². The number of carbonyl (C=O) groups excluding carboxylic acids is 1. The molecule has 0 saturated carbocycles. The third kappa shape index (κ3) is 2.27. The van der Waals surface area contributed by atoms with Crippen molar-refractivity contribution in [2.75, 3.05) is 27.2 Å². The summed E-state index contributed by atoms with van der Waals surface area (Å²) in [6, 6.07) is 0.377. The number of hydrogen-bond acceptors (Lipinski definition) is 3. The summed E-state index contributed by atoms with van der Waals surface area (Å²) in [4.78, 5) is 12.7. The topological polar surface area (TPSA) is 32.3 Å². The first-order chi connectivity index (χ1) is 5.24. The van der Waals surface area contributed by atoms with Crippen LogP contribution in [0.3, 0.4) is 0 Å². The minimum Gasteiger partial charge on any atom is -0.312 e. The Bertz CT molecular complexity index is 136. The van der Waals surface area contributed by atoms with Crippen LogP contribution in [0.1, 0.15) is 6.42 Å². The van der Waals surface area contributed by atoms with Gasteiger partial charge in [-0.05, 0) is 27.1 Å². The van der Waals surface area contributed by atoms with Crippen molar-refractivity contribution in [3.63, 3.8) is 0 Å². The van der Waals surface area contributed by atoms with Gasteiger partial charge in [0, 0.05) is 18.5 Å². The Morgan fingerprint density at radius 2 is 2.36 bits per heavy atom. The van der Waals surface area contributed by atoms with Gasteiger partial charge in [-0.25, -0.2) is 0 Å². The zero-order valence-corrected chi connectivity index (χ0v) is 7.21. The van der Waals surface area contributed by atoms with Gasteiger partial charge in [0.1, 0.15) is 6.29 Å². The standard InChI is InChI=1S/C8H16N2O/c1-10(2)5-8-7(6-11)3-4-9-8/h6-9H,3-5H2,1-2H3. The molecule has 2 atom stereocenters. The molecule has 0 aromatic rings. The van der Waals surface area contributed by atoms with Crippen LogP contribution in [0.25, 0.3) is 0 Å². The molecular weight excluding hydrogens is 140 g/mol. The second kappa shape index (κ2) is 3.83. The summed E-state index contributed by atoms with van der Waals surface area (Å²) in [5.41, 5.74) is 0. The molecule has 0 spiro atoms. The Morgan fingerprint density at radius 1 is 1.64 bits per heavy atom. The summed E-state index contributed by atoms with van der Waals surface area (Å²) in [5, 5.41) is 3.32. The summed E-state index contributed by atoms with van der Waals surface area (Å²) < 4.78 is 0. The summed E-state index contributed by atoms with van der Waals surface area (Å²) in [6.45, 7) is 1.95. The van der Waals surface area contributed by atoms with Crippen LogP contribution in [-0.4, -0.2) is 44.4 Å². The quantitative estimate of drug-likeness (QED) is 0.571. The van der Waals surface area contributed by atoms with E-state index in [1.807, 2.05) is 14.1 Å². The predicted octanol–water partition coefficient (Wildman–Crippen LogP) is -0.275. The third-order valence-electron chi connectivity index (χ3n) is 2.14. The molecule has 0 aromatic heterocycles. The number of carbonyl (C=O) groups is 1. The normalized spacial score (nSPS) is 31.2. The van der Waals surface area contributed by atoms with Crippen LogP contribution >= 0.6 is 0 Å². The molecule has 2 unspecified atom stereocenters. The molecule has 0 aromatic carbocycles. The van der Waals surface area contributed by atoms with E-state index in [-0.39, 0.29) is 5.92 Å². The lowest BCUT2D eigenvalue weighted by Crippen LogP contribution is -2.37. The van der Waals surface area contributed by atoms with E-state index in [1.165, 1.54) is 0 Å². The van der Waals surface area contributed by atoms with E-state index >= 15 is 0 Å². The molecule has 3 heteroatoms. The van der Waals surface area contributed by atoms with Crippen LogP contribution in [0.4, 0.5) is 0 Å². The van der Waals surface area contributed by atoms with E-state index in [2.05, 4.69) is 10.2 Å². The Balaban J connectivity index is 2.37. The number of hydrogen-bond donors (Lipinski definition) is 1. The van der Waals surface area contributed by atoms with Crippen LogP contribution in [0.5, 0.6) is 0 Å². The van der Waals surface area contributed by atoms with E-state index in [1.54, 1.807) is 0 Å². The number of nitrogens with zero attached hydrogens (tertiary/aromatic N) is 1. The molecule has 0 amide bonds. The average Bonchev–Trinajstić information content (AvgIpc) is 2.34. The van der Waals surface area contributed by atoms with Gasteiger partial charge in [0.05, 0.1) is 0 Å². The maximum Gasteiger partial charge on any atom is 0.124 e. The first kappa shape index (κ1) is 8.68. The average molecular weight is 156 g/mol. The maximum atomic E-state index is 10.5. The fraction of sp³-hybridized carbons (Fsp3) is 0.875. The summed E-state index contributed by atoms with van der Waals surface area (Å²) in [7, 11) is 4.06. The third-order valence-corrected chi connectivity index (χ3v) is 2.14. The van der Waals surface area contributed by atoms with Crippen LogP contribution in [0, 0.1) is 5.92 Å². The summed E-state index contributed by atoms with van der Waals surface area (Å²) in [6.07, 6.45) is 2.08. The van der Waals surface area contributed by atoms with Crippen molar-refractivity contribution in [3.05, 3.63) is 0 Å². The Labute approximate surface area is 67.8 Å².